The summed E-state index contributed by atoms with van der Waals surface area (Å²) < 4.78 is -0.190. The summed E-state index contributed by atoms with van der Waals surface area (Å²) in [5, 5.41) is 46.7. The predicted molar refractivity (Wildman–Crippen MR) is 64.4 cm³/mol. The first-order chi connectivity index (χ1) is 7.57. The van der Waals surface area contributed by atoms with Gasteiger partial charge in [0.15, 0.2) is 0 Å². The van der Waals surface area contributed by atoms with Crippen molar-refractivity contribution in [1.29, 1.82) is 0 Å². The van der Waals surface area contributed by atoms with E-state index in [9.17, 15) is 15.3 Å². The highest BCUT2D eigenvalue weighted by molar-refractivity contribution is 8.17. The molecule has 5 N–H and O–H groups in total. The molecule has 0 aromatic rings. The van der Waals surface area contributed by atoms with E-state index in [1.165, 1.54) is 23.5 Å². The van der Waals surface area contributed by atoms with Gasteiger partial charge < -0.3 is 25.5 Å². The van der Waals surface area contributed by atoms with Crippen LogP contribution in [0.4, 0.5) is 0 Å². The van der Waals surface area contributed by atoms with Crippen LogP contribution in [0.5, 0.6) is 0 Å². The van der Waals surface area contributed by atoms with Gasteiger partial charge in [-0.1, -0.05) is 0 Å². The first-order valence-electron chi connectivity index (χ1n) is 5.14. The second kappa shape index (κ2) is 7.05. The fourth-order valence-electron chi connectivity index (χ4n) is 1.40. The average Bonchev–Trinajstić information content (AvgIpc) is 2.36. The maximum Gasteiger partial charge on any atom is 0.111 e. The van der Waals surface area contributed by atoms with Crippen molar-refractivity contribution in [2.24, 2.45) is 0 Å². The molecule has 1 aliphatic heterocycles. The van der Waals surface area contributed by atoms with Crippen LogP contribution in [0.2, 0.25) is 0 Å². The van der Waals surface area contributed by atoms with Crippen molar-refractivity contribution in [3.63, 3.8) is 0 Å². The Kier molecular flexibility index (Phi) is 6.42. The van der Waals surface area contributed by atoms with E-state index >= 15 is 0 Å². The van der Waals surface area contributed by atoms with Gasteiger partial charge in [-0.25, -0.2) is 0 Å². The fraction of sp³-hybridized carbons (Fsp3) is 1.00. The van der Waals surface area contributed by atoms with Crippen molar-refractivity contribution < 1.29 is 25.5 Å². The highest BCUT2D eigenvalue weighted by atomic mass is 32.2. The van der Waals surface area contributed by atoms with Gasteiger partial charge in [0, 0.05) is 0 Å². The second-order valence-corrected chi connectivity index (χ2v) is 6.48. The molecule has 1 rings (SSSR count). The smallest absolute Gasteiger partial charge is 0.111 e. The summed E-state index contributed by atoms with van der Waals surface area (Å²) in [5.41, 5.74) is 0. The van der Waals surface area contributed by atoms with E-state index in [-0.39, 0.29) is 4.58 Å². The quantitative estimate of drug-likeness (QED) is 0.420. The third-order valence-corrected chi connectivity index (χ3v) is 5.49. The van der Waals surface area contributed by atoms with Crippen LogP contribution >= 0.6 is 23.5 Å². The van der Waals surface area contributed by atoms with Crippen molar-refractivity contribution in [3.05, 3.63) is 0 Å². The molecule has 0 spiro atoms. The number of aliphatic hydroxyl groups is 5. The zero-order valence-electron chi connectivity index (χ0n) is 8.77. The molecule has 16 heavy (non-hydrogen) atoms. The van der Waals surface area contributed by atoms with Crippen LogP contribution < -0.4 is 0 Å². The van der Waals surface area contributed by atoms with Gasteiger partial charge in [-0.2, -0.15) is 0 Å². The predicted octanol–water partition coefficient (Wildman–Crippen LogP) is -1.38. The summed E-state index contributed by atoms with van der Waals surface area (Å²) in [4.78, 5) is 0. The molecule has 0 aromatic heterocycles. The zero-order valence-corrected chi connectivity index (χ0v) is 10.4. The zero-order chi connectivity index (χ0) is 12.1. The van der Waals surface area contributed by atoms with Gasteiger partial charge in [0.05, 0.1) is 11.2 Å². The van der Waals surface area contributed by atoms with E-state index in [1.807, 2.05) is 0 Å². The fourth-order valence-corrected chi connectivity index (χ4v) is 4.35. The Hall–Kier alpha value is 0.500. The third kappa shape index (κ3) is 3.76. The van der Waals surface area contributed by atoms with Gasteiger partial charge in [-0.15, -0.1) is 23.5 Å². The van der Waals surface area contributed by atoms with Gasteiger partial charge in [0.2, 0.25) is 0 Å². The normalized spacial score (nSPS) is 26.1. The number of aliphatic hydroxyl groups excluding tert-OH is 5. The third-order valence-electron chi connectivity index (χ3n) is 2.41. The molecule has 1 saturated heterocycles. The summed E-state index contributed by atoms with van der Waals surface area (Å²) in [7, 11) is 0. The number of hydrogen-bond acceptors (Lipinski definition) is 7. The maximum atomic E-state index is 9.81. The lowest BCUT2D eigenvalue weighted by atomic mass is 10.0. The Morgan fingerprint density at radius 3 is 2.06 bits per heavy atom. The van der Waals surface area contributed by atoms with Gasteiger partial charge in [0.1, 0.15) is 24.4 Å². The average molecular weight is 270 g/mol. The lowest BCUT2D eigenvalue weighted by Gasteiger charge is -2.32. The molecular formula is C9H18O5S2. The number of rotatable bonds is 5. The van der Waals surface area contributed by atoms with Crippen LogP contribution in [0.1, 0.15) is 6.42 Å². The largest absolute Gasteiger partial charge is 0.394 e. The molecule has 0 amide bonds. The van der Waals surface area contributed by atoms with E-state index in [0.717, 1.165) is 17.9 Å². The Morgan fingerprint density at radius 1 is 1.00 bits per heavy atom. The second-order valence-electron chi connectivity index (χ2n) is 3.69. The highest BCUT2D eigenvalue weighted by Crippen LogP contribution is 2.34. The molecule has 0 unspecified atom stereocenters. The summed E-state index contributed by atoms with van der Waals surface area (Å²) in [6, 6.07) is 0. The molecule has 4 atom stereocenters. The van der Waals surface area contributed by atoms with E-state index in [0.29, 0.717) is 0 Å². The lowest BCUT2D eigenvalue weighted by molar-refractivity contribution is -0.111. The summed E-state index contributed by atoms with van der Waals surface area (Å²) in [6.07, 6.45) is -4.43. The van der Waals surface area contributed by atoms with Gasteiger partial charge in [-0.3, -0.25) is 0 Å². The van der Waals surface area contributed by atoms with Crippen molar-refractivity contribution in [1.82, 2.24) is 0 Å². The molecule has 0 aliphatic carbocycles. The minimum Gasteiger partial charge on any atom is -0.394 e. The van der Waals surface area contributed by atoms with Crippen LogP contribution in [0.25, 0.3) is 0 Å². The molecule has 96 valence electrons. The van der Waals surface area contributed by atoms with Gasteiger partial charge >= 0.3 is 0 Å². The standard InChI is InChI=1S/C9H18O5S2/c10-4-5(11)6(12)7(13)8(14)9-15-2-1-3-16-9/h5-14H,1-4H2/t5-,6+,7+,8+/m0/s1. The molecule has 1 heterocycles. The van der Waals surface area contributed by atoms with Crippen LogP contribution in [0.15, 0.2) is 0 Å². The minimum absolute atomic E-state index is 0.190. The lowest BCUT2D eigenvalue weighted by Crippen LogP contribution is -2.49. The molecule has 0 bridgehead atoms. The van der Waals surface area contributed by atoms with Gasteiger partial charge in [0.25, 0.3) is 0 Å². The Morgan fingerprint density at radius 2 is 1.56 bits per heavy atom. The topological polar surface area (TPSA) is 101 Å². The van der Waals surface area contributed by atoms with Crippen LogP contribution in [-0.2, 0) is 0 Å². The first kappa shape index (κ1) is 14.6. The van der Waals surface area contributed by atoms with Crippen molar-refractivity contribution in [2.75, 3.05) is 18.1 Å². The SMILES string of the molecule is OC[C@H](O)[C@@H](O)[C@@H](O)[C@@H](O)C1SCCCS1. The van der Waals surface area contributed by atoms with E-state index in [4.69, 9.17) is 10.2 Å². The Bertz CT molecular complexity index is 194. The molecule has 0 saturated carbocycles. The van der Waals surface area contributed by atoms with E-state index in [1.54, 1.807) is 0 Å². The molecule has 7 heteroatoms. The van der Waals surface area contributed by atoms with Crippen molar-refractivity contribution >= 4 is 23.5 Å². The monoisotopic (exact) mass is 270 g/mol. The van der Waals surface area contributed by atoms with Crippen LogP contribution in [0.3, 0.4) is 0 Å². The number of thioether (sulfide) groups is 2. The number of hydrogen-bond donors (Lipinski definition) is 5. The first-order valence-corrected chi connectivity index (χ1v) is 7.24. The summed E-state index contributed by atoms with van der Waals surface area (Å²) >= 11 is 3.07. The van der Waals surface area contributed by atoms with Crippen LogP contribution in [-0.4, -0.2) is 72.6 Å². The van der Waals surface area contributed by atoms with Crippen molar-refractivity contribution in [2.45, 2.75) is 35.4 Å². The Balaban J connectivity index is 2.47. The van der Waals surface area contributed by atoms with E-state index in [2.05, 4.69) is 0 Å². The van der Waals surface area contributed by atoms with Gasteiger partial charge in [-0.05, 0) is 17.9 Å². The van der Waals surface area contributed by atoms with E-state index < -0.39 is 31.0 Å². The Labute approximate surface area is 103 Å². The molecule has 0 radical (unpaired) electrons. The minimum atomic E-state index is -1.52. The molecule has 5 nitrogen and oxygen atoms in total. The van der Waals surface area contributed by atoms with Crippen LogP contribution in [0, 0.1) is 0 Å². The van der Waals surface area contributed by atoms with Crippen molar-refractivity contribution in [3.8, 4) is 0 Å². The molecular weight excluding hydrogens is 252 g/mol. The summed E-state index contributed by atoms with van der Waals surface area (Å²) in [6.45, 7) is -0.643. The highest BCUT2D eigenvalue weighted by Gasteiger charge is 2.35. The maximum absolute atomic E-state index is 9.81. The molecule has 1 fully saturated rings. The molecule has 0 aromatic carbocycles. The summed E-state index contributed by atoms with van der Waals surface area (Å²) in [5.74, 6) is 1.83. The molecule has 1 aliphatic rings.